The molecule has 2 aromatic carbocycles. The predicted molar refractivity (Wildman–Crippen MR) is 136 cm³/mol. The normalized spacial score (nSPS) is 15.4. The Morgan fingerprint density at radius 1 is 1.09 bits per heavy atom. The minimum atomic E-state index is -3.93. The Balaban J connectivity index is 0.00000324. The van der Waals surface area contributed by atoms with Gasteiger partial charge in [0, 0.05) is 35.9 Å². The minimum Gasteiger partial charge on any atom is -0.493 e. The molecule has 1 saturated heterocycles. The van der Waals surface area contributed by atoms with E-state index < -0.39 is 10.0 Å². The molecule has 0 bridgehead atoms. The average molecular weight is 524 g/mol. The van der Waals surface area contributed by atoms with E-state index in [9.17, 15) is 8.42 Å². The van der Waals surface area contributed by atoms with E-state index in [1.165, 1.54) is 24.6 Å². The maximum atomic E-state index is 14.0. The maximum absolute atomic E-state index is 14.0. The molecule has 0 spiro atoms. The molecule has 0 saturated carbocycles. The van der Waals surface area contributed by atoms with Crippen molar-refractivity contribution in [2.24, 2.45) is 0 Å². The lowest BCUT2D eigenvalue weighted by atomic mass is 10.1. The molecule has 0 aliphatic carbocycles. The molecule has 4 rings (SSSR count). The zero-order valence-corrected chi connectivity index (χ0v) is 21.3. The SMILES string of the molecule is COc1ccc(S(=O)(=O)N(c2ccc(Cl)cc2Cc2ccccn2)[C@@H]2CCNC2)cc1OC.Cl. The molecule has 34 heavy (non-hydrogen) atoms. The van der Waals surface area contributed by atoms with E-state index >= 15 is 0 Å². The number of nitrogens with zero attached hydrogens (tertiary/aromatic N) is 2. The van der Waals surface area contributed by atoms with Gasteiger partial charge in [0.2, 0.25) is 0 Å². The number of rotatable bonds is 8. The fourth-order valence-electron chi connectivity index (χ4n) is 4.06. The average Bonchev–Trinajstić information content (AvgIpc) is 3.35. The van der Waals surface area contributed by atoms with Crippen molar-refractivity contribution in [1.29, 1.82) is 0 Å². The summed E-state index contributed by atoms with van der Waals surface area (Å²) in [7, 11) is -0.931. The van der Waals surface area contributed by atoms with Crippen LogP contribution in [-0.2, 0) is 16.4 Å². The fraction of sp³-hybridized carbons (Fsp3) is 0.292. The smallest absolute Gasteiger partial charge is 0.264 e. The summed E-state index contributed by atoms with van der Waals surface area (Å²) in [6.45, 7) is 1.30. The van der Waals surface area contributed by atoms with Crippen LogP contribution in [0.3, 0.4) is 0 Å². The van der Waals surface area contributed by atoms with E-state index in [1.54, 1.807) is 30.5 Å². The molecule has 0 amide bonds. The standard InChI is InChI=1S/C24H26ClN3O4S.ClH/c1-31-23-9-7-21(15-24(23)32-2)33(29,30)28(20-10-12-26-16-20)22-8-6-18(25)13-17(22)14-19-5-3-4-11-27-19;/h3-9,11,13,15,20,26H,10,12,14,16H2,1-2H3;1H/t20-;/m1./s1. The van der Waals surface area contributed by atoms with Crippen molar-refractivity contribution in [2.75, 3.05) is 31.6 Å². The van der Waals surface area contributed by atoms with Crippen molar-refractivity contribution >= 4 is 39.7 Å². The van der Waals surface area contributed by atoms with E-state index in [-0.39, 0.29) is 23.3 Å². The van der Waals surface area contributed by atoms with E-state index in [1.807, 2.05) is 24.3 Å². The van der Waals surface area contributed by atoms with Crippen LogP contribution in [0.1, 0.15) is 17.7 Å². The predicted octanol–water partition coefficient (Wildman–Crippen LogP) is 4.32. The molecule has 1 aliphatic rings. The molecule has 182 valence electrons. The Morgan fingerprint density at radius 2 is 1.88 bits per heavy atom. The first-order chi connectivity index (χ1) is 15.9. The highest BCUT2D eigenvalue weighted by Gasteiger charge is 2.35. The van der Waals surface area contributed by atoms with Crippen LogP contribution in [0.15, 0.2) is 65.7 Å². The first-order valence-corrected chi connectivity index (χ1v) is 12.4. The Hall–Kier alpha value is -2.52. The number of hydrogen-bond acceptors (Lipinski definition) is 6. The van der Waals surface area contributed by atoms with Crippen LogP contribution >= 0.6 is 24.0 Å². The molecule has 1 aromatic heterocycles. The molecule has 3 aromatic rings. The van der Waals surface area contributed by atoms with Crippen LogP contribution < -0.4 is 19.1 Å². The number of methoxy groups -OCH3 is 2. The number of sulfonamides is 1. The second-order valence-electron chi connectivity index (χ2n) is 7.74. The van der Waals surface area contributed by atoms with Crippen molar-refractivity contribution in [3.05, 3.63) is 77.1 Å². The number of nitrogens with one attached hydrogen (secondary N) is 1. The van der Waals surface area contributed by atoms with Gasteiger partial charge in [0.15, 0.2) is 11.5 Å². The highest BCUT2D eigenvalue weighted by Crippen LogP contribution is 2.36. The first-order valence-electron chi connectivity index (χ1n) is 10.6. The number of benzene rings is 2. The summed E-state index contributed by atoms with van der Waals surface area (Å²) in [5.41, 5.74) is 2.21. The van der Waals surface area contributed by atoms with Crippen LogP contribution in [0.25, 0.3) is 0 Å². The van der Waals surface area contributed by atoms with E-state index in [0.29, 0.717) is 41.6 Å². The van der Waals surface area contributed by atoms with Gasteiger partial charge >= 0.3 is 0 Å². The molecule has 1 N–H and O–H groups in total. The van der Waals surface area contributed by atoms with Gasteiger partial charge in [-0.05, 0) is 61.0 Å². The van der Waals surface area contributed by atoms with Crippen molar-refractivity contribution in [3.63, 3.8) is 0 Å². The van der Waals surface area contributed by atoms with Crippen LogP contribution in [0.5, 0.6) is 11.5 Å². The first kappa shape index (κ1) is 26.1. The second-order valence-corrected chi connectivity index (χ2v) is 9.99. The van der Waals surface area contributed by atoms with E-state index in [2.05, 4.69) is 10.3 Å². The third kappa shape index (κ3) is 5.41. The highest BCUT2D eigenvalue weighted by atomic mass is 35.5. The third-order valence-electron chi connectivity index (χ3n) is 5.65. The maximum Gasteiger partial charge on any atom is 0.264 e. The van der Waals surface area contributed by atoms with Crippen LogP contribution in [0.4, 0.5) is 5.69 Å². The molecule has 1 atom stereocenters. The summed E-state index contributed by atoms with van der Waals surface area (Å²) in [4.78, 5) is 4.54. The van der Waals surface area contributed by atoms with E-state index in [4.69, 9.17) is 21.1 Å². The number of aromatic nitrogens is 1. The van der Waals surface area contributed by atoms with Gasteiger partial charge in [-0.15, -0.1) is 12.4 Å². The van der Waals surface area contributed by atoms with Gasteiger partial charge in [-0.2, -0.15) is 0 Å². The van der Waals surface area contributed by atoms with Gasteiger partial charge in [-0.1, -0.05) is 17.7 Å². The highest BCUT2D eigenvalue weighted by molar-refractivity contribution is 7.92. The molecule has 0 radical (unpaired) electrons. The Labute approximate surface area is 211 Å². The monoisotopic (exact) mass is 523 g/mol. The van der Waals surface area contributed by atoms with Gasteiger partial charge in [-0.3, -0.25) is 9.29 Å². The van der Waals surface area contributed by atoms with Crippen molar-refractivity contribution in [3.8, 4) is 11.5 Å². The Morgan fingerprint density at radius 3 is 2.53 bits per heavy atom. The minimum absolute atomic E-state index is 0. The quantitative estimate of drug-likeness (QED) is 0.473. The third-order valence-corrected chi connectivity index (χ3v) is 7.75. The zero-order valence-electron chi connectivity index (χ0n) is 18.9. The summed E-state index contributed by atoms with van der Waals surface area (Å²) >= 11 is 6.32. The van der Waals surface area contributed by atoms with Crippen LogP contribution in [0.2, 0.25) is 5.02 Å². The topological polar surface area (TPSA) is 80.8 Å². The van der Waals surface area contributed by atoms with Gasteiger partial charge in [0.05, 0.1) is 30.8 Å². The molecule has 7 nitrogen and oxygen atoms in total. The number of anilines is 1. The molecular weight excluding hydrogens is 497 g/mol. The van der Waals surface area contributed by atoms with Crippen molar-refractivity contribution < 1.29 is 17.9 Å². The zero-order chi connectivity index (χ0) is 23.4. The lowest BCUT2D eigenvalue weighted by Gasteiger charge is -2.32. The van der Waals surface area contributed by atoms with Gasteiger partial charge in [-0.25, -0.2) is 8.42 Å². The lowest BCUT2D eigenvalue weighted by molar-refractivity contribution is 0.354. The van der Waals surface area contributed by atoms with Gasteiger partial charge < -0.3 is 14.8 Å². The largest absolute Gasteiger partial charge is 0.493 e. The summed E-state index contributed by atoms with van der Waals surface area (Å²) in [6.07, 6.45) is 2.87. The van der Waals surface area contributed by atoms with Crippen molar-refractivity contribution in [2.45, 2.75) is 23.8 Å². The number of hydrogen-bond donors (Lipinski definition) is 1. The van der Waals surface area contributed by atoms with E-state index in [0.717, 1.165) is 17.8 Å². The summed E-state index contributed by atoms with van der Waals surface area (Å²) in [5, 5.41) is 3.82. The Bertz CT molecular complexity index is 1220. The second kappa shape index (κ2) is 11.3. The van der Waals surface area contributed by atoms with Crippen LogP contribution in [-0.4, -0.2) is 46.8 Å². The molecule has 0 unspecified atom stereocenters. The summed E-state index contributed by atoms with van der Waals surface area (Å²) in [5.74, 6) is 0.820. The number of halogens is 2. The molecule has 1 fully saturated rings. The summed E-state index contributed by atoms with van der Waals surface area (Å²) in [6, 6.07) is 15.4. The van der Waals surface area contributed by atoms with Gasteiger partial charge in [0.25, 0.3) is 10.0 Å². The summed E-state index contributed by atoms with van der Waals surface area (Å²) < 4.78 is 40.2. The van der Waals surface area contributed by atoms with Crippen molar-refractivity contribution in [1.82, 2.24) is 10.3 Å². The number of ether oxygens (including phenoxy) is 2. The fourth-order valence-corrected chi connectivity index (χ4v) is 5.99. The van der Waals surface area contributed by atoms with Gasteiger partial charge in [0.1, 0.15) is 0 Å². The Kier molecular flexibility index (Phi) is 8.65. The molecule has 2 heterocycles. The lowest BCUT2D eigenvalue weighted by Crippen LogP contribution is -2.42. The number of pyridine rings is 1. The molecular formula is C24H27Cl2N3O4S. The molecule has 1 aliphatic heterocycles. The molecule has 10 heteroatoms. The van der Waals surface area contributed by atoms with Crippen LogP contribution in [0, 0.1) is 0 Å².